The topological polar surface area (TPSA) is 102 Å². The number of carbonyl (C=O) groups excluding carboxylic acids is 4. The van der Waals surface area contributed by atoms with Crippen molar-refractivity contribution >= 4 is 46.7 Å². The third-order valence-corrected chi connectivity index (χ3v) is 5.58. The number of para-hydroxylation sites is 1. The molecule has 0 radical (unpaired) electrons. The number of thioether (sulfide) groups is 1. The molecule has 0 bridgehead atoms. The Bertz CT molecular complexity index is 1210. The Morgan fingerprint density at radius 2 is 1.47 bits per heavy atom. The van der Waals surface area contributed by atoms with Gasteiger partial charge < -0.3 is 15.4 Å². The van der Waals surface area contributed by atoms with E-state index in [9.17, 15) is 23.6 Å². The van der Waals surface area contributed by atoms with Gasteiger partial charge in [-0.3, -0.25) is 14.4 Å². The zero-order valence-electron chi connectivity index (χ0n) is 18.2. The molecule has 2 N–H and O–H groups in total. The van der Waals surface area contributed by atoms with Crippen LogP contribution in [-0.2, 0) is 14.3 Å². The lowest BCUT2D eigenvalue weighted by atomic mass is 10.1. The first-order valence-corrected chi connectivity index (χ1v) is 11.2. The largest absolute Gasteiger partial charge is 0.452 e. The van der Waals surface area contributed by atoms with Crippen LogP contribution in [0, 0.1) is 5.82 Å². The maximum absolute atomic E-state index is 13.0. The normalized spacial score (nSPS) is 10.3. The number of hydrogen-bond donors (Lipinski definition) is 2. The van der Waals surface area contributed by atoms with Crippen LogP contribution < -0.4 is 10.6 Å². The number of ketones is 1. The smallest absolute Gasteiger partial charge is 0.339 e. The second-order valence-corrected chi connectivity index (χ2v) is 8.08. The molecular weight excluding hydrogens is 459 g/mol. The molecule has 2 amide bonds. The molecule has 0 heterocycles. The molecule has 0 aliphatic heterocycles. The van der Waals surface area contributed by atoms with Crippen LogP contribution in [0.5, 0.6) is 0 Å². The Kier molecular flexibility index (Phi) is 8.53. The van der Waals surface area contributed by atoms with Crippen molar-refractivity contribution in [3.05, 3.63) is 89.7 Å². The van der Waals surface area contributed by atoms with Gasteiger partial charge in [0.15, 0.2) is 12.4 Å². The zero-order valence-corrected chi connectivity index (χ0v) is 19.0. The number of esters is 1. The van der Waals surface area contributed by atoms with Crippen molar-refractivity contribution in [1.82, 2.24) is 0 Å². The number of amides is 2. The number of rotatable bonds is 9. The molecule has 3 rings (SSSR count). The van der Waals surface area contributed by atoms with Gasteiger partial charge in [0.1, 0.15) is 5.82 Å². The fourth-order valence-corrected chi connectivity index (χ4v) is 3.77. The van der Waals surface area contributed by atoms with Crippen LogP contribution in [-0.4, -0.2) is 35.9 Å². The Balaban J connectivity index is 1.55. The van der Waals surface area contributed by atoms with E-state index in [1.165, 1.54) is 37.3 Å². The van der Waals surface area contributed by atoms with E-state index in [4.69, 9.17) is 4.74 Å². The van der Waals surface area contributed by atoms with Crippen molar-refractivity contribution in [3.63, 3.8) is 0 Å². The molecule has 0 saturated carbocycles. The first kappa shape index (κ1) is 24.7. The number of anilines is 2. The number of hydrogen-bond acceptors (Lipinski definition) is 6. The molecule has 0 saturated heterocycles. The van der Waals surface area contributed by atoms with Gasteiger partial charge in [-0.2, -0.15) is 0 Å². The number of benzene rings is 3. The highest BCUT2D eigenvalue weighted by Gasteiger charge is 2.17. The van der Waals surface area contributed by atoms with Crippen LogP contribution in [0.4, 0.5) is 15.8 Å². The van der Waals surface area contributed by atoms with Gasteiger partial charge in [-0.1, -0.05) is 24.3 Å². The van der Waals surface area contributed by atoms with Gasteiger partial charge in [0.25, 0.3) is 5.91 Å². The fraction of sp³-hybridized carbons (Fsp3) is 0.120. The second kappa shape index (κ2) is 11.8. The van der Waals surface area contributed by atoms with E-state index >= 15 is 0 Å². The summed E-state index contributed by atoms with van der Waals surface area (Å²) in [5.74, 6) is -2.26. The molecule has 3 aromatic carbocycles. The van der Waals surface area contributed by atoms with Gasteiger partial charge in [-0.15, -0.1) is 11.8 Å². The molecule has 0 fully saturated rings. The van der Waals surface area contributed by atoms with E-state index in [0.29, 0.717) is 21.8 Å². The quantitative estimate of drug-likeness (QED) is 0.265. The minimum Gasteiger partial charge on any atom is -0.452 e. The van der Waals surface area contributed by atoms with Crippen LogP contribution in [0.15, 0.2) is 77.7 Å². The molecule has 0 aromatic heterocycles. The molecular formula is C25H21FN2O5S. The van der Waals surface area contributed by atoms with Crippen molar-refractivity contribution in [2.45, 2.75) is 11.8 Å². The summed E-state index contributed by atoms with van der Waals surface area (Å²) in [5.41, 5.74) is 1.35. The van der Waals surface area contributed by atoms with Crippen LogP contribution in [0.25, 0.3) is 0 Å². The van der Waals surface area contributed by atoms with Crippen LogP contribution in [0.1, 0.15) is 27.6 Å². The zero-order chi connectivity index (χ0) is 24.5. The van der Waals surface area contributed by atoms with Gasteiger partial charge >= 0.3 is 5.97 Å². The predicted octanol–water partition coefficient (Wildman–Crippen LogP) is 4.55. The van der Waals surface area contributed by atoms with E-state index in [-0.39, 0.29) is 23.0 Å². The van der Waals surface area contributed by atoms with Crippen molar-refractivity contribution < 1.29 is 28.3 Å². The summed E-state index contributed by atoms with van der Waals surface area (Å²) in [6.07, 6.45) is 0. The lowest BCUT2D eigenvalue weighted by molar-refractivity contribution is -0.119. The highest BCUT2D eigenvalue weighted by molar-refractivity contribution is 8.00. The van der Waals surface area contributed by atoms with Crippen molar-refractivity contribution in [3.8, 4) is 0 Å². The molecule has 0 aliphatic carbocycles. The minimum absolute atomic E-state index is 0.00395. The molecule has 3 aromatic rings. The van der Waals surface area contributed by atoms with Gasteiger partial charge in [-0.05, 0) is 55.5 Å². The fourth-order valence-electron chi connectivity index (χ4n) is 2.93. The summed E-state index contributed by atoms with van der Waals surface area (Å²) >= 11 is 1.12. The first-order chi connectivity index (χ1) is 16.3. The molecule has 9 heteroatoms. The van der Waals surface area contributed by atoms with Gasteiger partial charge in [0.05, 0.1) is 17.0 Å². The maximum atomic E-state index is 13.0. The Hall–Kier alpha value is -3.98. The SMILES string of the molecule is CC(=O)c1ccccc1NC(=O)COC(=O)c1ccccc1SCC(=O)Nc1ccc(F)cc1. The number of halogens is 1. The van der Waals surface area contributed by atoms with E-state index in [0.717, 1.165) is 11.8 Å². The van der Waals surface area contributed by atoms with Crippen molar-refractivity contribution in [2.24, 2.45) is 0 Å². The molecule has 7 nitrogen and oxygen atoms in total. The summed E-state index contributed by atoms with van der Waals surface area (Å²) in [6, 6.07) is 18.4. The van der Waals surface area contributed by atoms with Gasteiger partial charge in [-0.25, -0.2) is 9.18 Å². The lowest BCUT2D eigenvalue weighted by Gasteiger charge is -2.11. The minimum atomic E-state index is -0.725. The van der Waals surface area contributed by atoms with E-state index < -0.39 is 24.3 Å². The molecule has 0 aliphatic rings. The summed E-state index contributed by atoms with van der Waals surface area (Å²) < 4.78 is 18.1. The second-order valence-electron chi connectivity index (χ2n) is 7.07. The monoisotopic (exact) mass is 480 g/mol. The third kappa shape index (κ3) is 7.01. The van der Waals surface area contributed by atoms with Crippen LogP contribution in [0.2, 0.25) is 0 Å². The Labute approximate surface area is 199 Å². The number of ether oxygens (including phenoxy) is 1. The van der Waals surface area contributed by atoms with Gasteiger partial charge in [0, 0.05) is 16.1 Å². The average molecular weight is 481 g/mol. The predicted molar refractivity (Wildman–Crippen MR) is 128 cm³/mol. The Morgan fingerprint density at radius 1 is 0.824 bits per heavy atom. The summed E-state index contributed by atoms with van der Waals surface area (Å²) in [5, 5.41) is 5.21. The highest BCUT2D eigenvalue weighted by Crippen LogP contribution is 2.24. The van der Waals surface area contributed by atoms with Crippen LogP contribution in [0.3, 0.4) is 0 Å². The highest BCUT2D eigenvalue weighted by atomic mass is 32.2. The molecule has 174 valence electrons. The molecule has 0 unspecified atom stereocenters. The van der Waals surface area contributed by atoms with Crippen molar-refractivity contribution in [2.75, 3.05) is 23.0 Å². The third-order valence-electron chi connectivity index (χ3n) is 4.51. The standard InChI is InChI=1S/C25H21FN2O5S/c1-16(29)19-6-2-4-8-21(19)28-23(30)14-33-25(32)20-7-3-5-9-22(20)34-15-24(31)27-18-12-10-17(26)11-13-18/h2-13H,14-15H2,1H3,(H,27,31)(H,28,30). The molecule has 0 atom stereocenters. The maximum Gasteiger partial charge on any atom is 0.339 e. The number of nitrogens with one attached hydrogen (secondary N) is 2. The average Bonchev–Trinajstić information content (AvgIpc) is 2.83. The summed E-state index contributed by atoms with van der Waals surface area (Å²) in [4.78, 5) is 49.2. The van der Waals surface area contributed by atoms with Crippen molar-refractivity contribution in [1.29, 1.82) is 0 Å². The van der Waals surface area contributed by atoms with Gasteiger partial charge in [0.2, 0.25) is 5.91 Å². The summed E-state index contributed by atoms with van der Waals surface area (Å²) in [6.45, 7) is 0.842. The van der Waals surface area contributed by atoms with E-state index in [1.807, 2.05) is 0 Å². The van der Waals surface area contributed by atoms with E-state index in [2.05, 4.69) is 10.6 Å². The van der Waals surface area contributed by atoms with E-state index in [1.54, 1.807) is 42.5 Å². The molecule has 34 heavy (non-hydrogen) atoms. The first-order valence-electron chi connectivity index (χ1n) is 10.2. The number of Topliss-reactive ketones (excluding diaryl/α,β-unsaturated/α-hetero) is 1. The van der Waals surface area contributed by atoms with Crippen LogP contribution >= 0.6 is 11.8 Å². The summed E-state index contributed by atoms with van der Waals surface area (Å²) in [7, 11) is 0. The Morgan fingerprint density at radius 3 is 2.18 bits per heavy atom. The lowest BCUT2D eigenvalue weighted by Crippen LogP contribution is -2.22. The number of carbonyl (C=O) groups is 4. The molecule has 0 spiro atoms.